The van der Waals surface area contributed by atoms with Crippen molar-refractivity contribution in [2.45, 2.75) is 43.5 Å². The molecular weight excluding hydrogens is 318 g/mol. The third-order valence-corrected chi connectivity index (χ3v) is 5.61. The number of non-ortho nitro benzene ring substituents is 1. The first-order valence-electron chi connectivity index (χ1n) is 7.66. The van der Waals surface area contributed by atoms with Gasteiger partial charge in [-0.2, -0.15) is 0 Å². The first-order valence-corrected chi connectivity index (χ1v) is 9.32. The Balaban J connectivity index is 2.02. The van der Waals surface area contributed by atoms with Crippen LogP contribution in [0.2, 0.25) is 0 Å². The molecule has 0 bridgehead atoms. The van der Waals surface area contributed by atoms with Crippen LogP contribution in [0.25, 0.3) is 0 Å². The van der Waals surface area contributed by atoms with Crippen LogP contribution in [0.4, 0.5) is 5.69 Å². The van der Waals surface area contributed by atoms with Gasteiger partial charge in [0.2, 0.25) is 10.0 Å². The molecule has 2 rings (SSSR count). The van der Waals surface area contributed by atoms with Crippen LogP contribution in [0.5, 0.6) is 0 Å². The Hall–Kier alpha value is -1.51. The monoisotopic (exact) mass is 341 g/mol. The van der Waals surface area contributed by atoms with E-state index < -0.39 is 14.9 Å². The minimum absolute atomic E-state index is 0.0696. The minimum Gasteiger partial charge on any atom is -0.306 e. The zero-order valence-corrected chi connectivity index (χ0v) is 14.3. The van der Waals surface area contributed by atoms with Gasteiger partial charge in [-0.3, -0.25) is 10.1 Å². The summed E-state index contributed by atoms with van der Waals surface area (Å²) in [7, 11) is 0.492. The summed E-state index contributed by atoms with van der Waals surface area (Å²) in [5, 5.41) is 10.8. The zero-order valence-electron chi connectivity index (χ0n) is 13.4. The molecule has 1 aromatic rings. The molecule has 1 aliphatic rings. The Kier molecular flexibility index (Phi) is 5.72. The van der Waals surface area contributed by atoms with E-state index in [2.05, 4.69) is 9.62 Å². The highest BCUT2D eigenvalue weighted by Gasteiger charge is 2.26. The van der Waals surface area contributed by atoms with Gasteiger partial charge < -0.3 is 4.90 Å². The van der Waals surface area contributed by atoms with Crippen molar-refractivity contribution in [1.82, 2.24) is 9.62 Å². The summed E-state index contributed by atoms with van der Waals surface area (Å²) in [6.07, 6.45) is 3.70. The van der Waals surface area contributed by atoms with Crippen LogP contribution in [0.15, 0.2) is 24.3 Å². The van der Waals surface area contributed by atoms with Crippen molar-refractivity contribution in [2.24, 2.45) is 0 Å². The van der Waals surface area contributed by atoms with Crippen molar-refractivity contribution >= 4 is 15.7 Å². The molecule has 1 fully saturated rings. The number of rotatable bonds is 6. The highest BCUT2D eigenvalue weighted by Crippen LogP contribution is 2.23. The van der Waals surface area contributed by atoms with E-state index in [-0.39, 0.29) is 17.5 Å². The molecule has 7 nitrogen and oxygen atoms in total. The van der Waals surface area contributed by atoms with Gasteiger partial charge in [-0.25, -0.2) is 13.1 Å². The zero-order chi connectivity index (χ0) is 17.0. The van der Waals surface area contributed by atoms with Gasteiger partial charge in [0.1, 0.15) is 0 Å². The van der Waals surface area contributed by atoms with Crippen molar-refractivity contribution in [2.75, 3.05) is 14.1 Å². The summed E-state index contributed by atoms with van der Waals surface area (Å²) in [5.74, 6) is -0.238. The topological polar surface area (TPSA) is 92.6 Å². The molecule has 128 valence electrons. The molecule has 23 heavy (non-hydrogen) atoms. The van der Waals surface area contributed by atoms with E-state index in [1.165, 1.54) is 18.2 Å². The van der Waals surface area contributed by atoms with Crippen molar-refractivity contribution in [3.05, 3.63) is 39.9 Å². The third-order valence-electron chi connectivity index (χ3n) is 4.20. The summed E-state index contributed by atoms with van der Waals surface area (Å²) in [6, 6.07) is 6.07. The van der Waals surface area contributed by atoms with Crippen molar-refractivity contribution in [1.29, 1.82) is 0 Å². The predicted molar refractivity (Wildman–Crippen MR) is 88.6 cm³/mol. The molecule has 1 aromatic carbocycles. The summed E-state index contributed by atoms with van der Waals surface area (Å²) >= 11 is 0. The molecule has 0 saturated heterocycles. The lowest BCUT2D eigenvalue weighted by atomic mass is 9.91. The molecule has 1 saturated carbocycles. The number of benzene rings is 1. The Bertz CT molecular complexity index is 660. The lowest BCUT2D eigenvalue weighted by Crippen LogP contribution is -2.44. The highest BCUT2D eigenvalue weighted by atomic mass is 32.2. The van der Waals surface area contributed by atoms with E-state index in [1.807, 2.05) is 14.1 Å². The smallest absolute Gasteiger partial charge is 0.269 e. The van der Waals surface area contributed by atoms with Crippen LogP contribution < -0.4 is 4.72 Å². The third kappa shape index (κ3) is 5.26. The van der Waals surface area contributed by atoms with Gasteiger partial charge in [-0.1, -0.05) is 18.6 Å². The van der Waals surface area contributed by atoms with Crippen LogP contribution in [0.1, 0.15) is 31.2 Å². The second-order valence-electron chi connectivity index (χ2n) is 6.28. The number of nitrogens with zero attached hydrogens (tertiary/aromatic N) is 2. The molecule has 8 heteroatoms. The summed E-state index contributed by atoms with van der Waals surface area (Å²) in [5.41, 5.74) is 0.328. The number of sulfonamides is 1. The number of hydrogen-bond donors (Lipinski definition) is 1. The average molecular weight is 341 g/mol. The van der Waals surface area contributed by atoms with Crippen LogP contribution in [0.3, 0.4) is 0 Å². The van der Waals surface area contributed by atoms with Crippen molar-refractivity contribution in [3.8, 4) is 0 Å². The number of nitrogens with one attached hydrogen (secondary N) is 1. The van der Waals surface area contributed by atoms with E-state index >= 15 is 0 Å². The molecule has 1 N–H and O–H groups in total. The molecule has 0 radical (unpaired) electrons. The van der Waals surface area contributed by atoms with Gasteiger partial charge in [-0.05, 0) is 38.9 Å². The van der Waals surface area contributed by atoms with Crippen LogP contribution in [0, 0.1) is 10.1 Å². The molecule has 0 amide bonds. The fourth-order valence-corrected chi connectivity index (χ4v) is 4.44. The fraction of sp³-hybridized carbons (Fsp3) is 0.600. The van der Waals surface area contributed by atoms with Crippen LogP contribution >= 0.6 is 0 Å². The van der Waals surface area contributed by atoms with E-state index in [4.69, 9.17) is 0 Å². The first-order chi connectivity index (χ1) is 10.8. The first kappa shape index (κ1) is 17.8. The van der Waals surface area contributed by atoms with Gasteiger partial charge in [-0.15, -0.1) is 0 Å². The minimum atomic E-state index is -3.52. The SMILES string of the molecule is CN(C)C1CCCC(NS(=O)(=O)Cc2cccc([N+](=O)[O-])c2)C1. The predicted octanol–water partition coefficient (Wildman–Crippen LogP) is 1.89. The second-order valence-corrected chi connectivity index (χ2v) is 8.04. The lowest BCUT2D eigenvalue weighted by Gasteiger charge is -2.33. The van der Waals surface area contributed by atoms with Gasteiger partial charge in [0, 0.05) is 24.2 Å². The molecule has 2 atom stereocenters. The highest BCUT2D eigenvalue weighted by molar-refractivity contribution is 7.88. The van der Waals surface area contributed by atoms with Crippen LogP contribution in [-0.2, 0) is 15.8 Å². The van der Waals surface area contributed by atoms with E-state index in [9.17, 15) is 18.5 Å². The van der Waals surface area contributed by atoms with E-state index in [0.29, 0.717) is 11.6 Å². The Morgan fingerprint density at radius 1 is 1.35 bits per heavy atom. The van der Waals surface area contributed by atoms with E-state index in [0.717, 1.165) is 25.7 Å². The second kappa shape index (κ2) is 7.37. The lowest BCUT2D eigenvalue weighted by molar-refractivity contribution is -0.384. The van der Waals surface area contributed by atoms with E-state index in [1.54, 1.807) is 6.07 Å². The molecule has 2 unspecified atom stereocenters. The summed E-state index contributed by atoms with van der Waals surface area (Å²) in [6.45, 7) is 0. The Morgan fingerprint density at radius 3 is 2.74 bits per heavy atom. The number of nitro benzene ring substituents is 1. The Morgan fingerprint density at radius 2 is 2.09 bits per heavy atom. The maximum Gasteiger partial charge on any atom is 0.269 e. The average Bonchev–Trinajstić information content (AvgIpc) is 2.46. The normalized spacial score (nSPS) is 22.2. The standard InChI is InChI=1S/C15H23N3O4S/c1-17(2)14-7-4-6-13(10-14)16-23(21,22)11-12-5-3-8-15(9-12)18(19)20/h3,5,8-9,13-14,16H,4,6-7,10-11H2,1-2H3. The quantitative estimate of drug-likeness (QED) is 0.630. The molecule has 0 spiro atoms. The Labute approximate surface area is 136 Å². The molecule has 0 heterocycles. The summed E-state index contributed by atoms with van der Waals surface area (Å²) in [4.78, 5) is 12.4. The van der Waals surface area contributed by atoms with Gasteiger partial charge in [0.05, 0.1) is 10.7 Å². The van der Waals surface area contributed by atoms with Crippen molar-refractivity contribution < 1.29 is 13.3 Å². The number of hydrogen-bond acceptors (Lipinski definition) is 5. The maximum atomic E-state index is 12.3. The molecule has 0 aliphatic heterocycles. The van der Waals surface area contributed by atoms with Crippen LogP contribution in [-0.4, -0.2) is 44.4 Å². The molecule has 1 aliphatic carbocycles. The largest absolute Gasteiger partial charge is 0.306 e. The van der Waals surface area contributed by atoms with Gasteiger partial charge in [0.15, 0.2) is 0 Å². The van der Waals surface area contributed by atoms with Gasteiger partial charge >= 0.3 is 0 Å². The molecule has 0 aromatic heterocycles. The van der Waals surface area contributed by atoms with Crippen molar-refractivity contribution in [3.63, 3.8) is 0 Å². The fourth-order valence-electron chi connectivity index (χ4n) is 3.01. The molecular formula is C15H23N3O4S. The number of nitro groups is 1. The summed E-state index contributed by atoms with van der Waals surface area (Å²) < 4.78 is 27.4. The maximum absolute atomic E-state index is 12.3. The van der Waals surface area contributed by atoms with Gasteiger partial charge in [0.25, 0.3) is 5.69 Å².